The van der Waals surface area contributed by atoms with Crippen molar-refractivity contribution in [3.8, 4) is 34.3 Å². The number of hydrogen-bond acceptors (Lipinski definition) is 15. The molecule has 234 valence electrons. The van der Waals surface area contributed by atoms with Crippen LogP contribution < -0.4 is 10.2 Å². The summed E-state index contributed by atoms with van der Waals surface area (Å²) in [5.74, 6) is -1.95. The lowest BCUT2D eigenvalue weighted by Gasteiger charge is -2.42. The van der Waals surface area contributed by atoms with Crippen molar-refractivity contribution in [3.63, 3.8) is 0 Å². The molecule has 0 saturated carbocycles. The van der Waals surface area contributed by atoms with Crippen LogP contribution in [-0.4, -0.2) is 114 Å². The van der Waals surface area contributed by atoms with Crippen LogP contribution >= 0.6 is 0 Å². The van der Waals surface area contributed by atoms with Crippen molar-refractivity contribution < 1.29 is 69.3 Å². The molecule has 0 aliphatic carbocycles. The Labute approximate surface area is 242 Å². The fourth-order valence-electron chi connectivity index (χ4n) is 5.01. The minimum absolute atomic E-state index is 0.0641. The average Bonchev–Trinajstić information content (AvgIpc) is 2.98. The van der Waals surface area contributed by atoms with Gasteiger partial charge in [-0.15, -0.1) is 0 Å². The van der Waals surface area contributed by atoms with E-state index in [4.69, 9.17) is 23.4 Å². The molecule has 2 aromatic carbocycles. The van der Waals surface area contributed by atoms with Gasteiger partial charge in [0.15, 0.2) is 12.1 Å². The summed E-state index contributed by atoms with van der Waals surface area (Å²) in [6.07, 6.45) is -14.8. The third-order valence-electron chi connectivity index (χ3n) is 7.47. The second kappa shape index (κ2) is 12.2. The SMILES string of the molecule is CC[C@H]1OC(OC[C@H]2O[C@@H](Oc3cc(O)c4c(=O)c(O)c(-c5ccc(O)cc5)oc4c3)[C@H](O)[C@H](O)[C@@H]2O)[C@H](O)[C@H](O)[C@@H]1O. The number of rotatable bonds is 7. The molecule has 2 fully saturated rings. The summed E-state index contributed by atoms with van der Waals surface area (Å²) >= 11 is 0. The quantitative estimate of drug-likeness (QED) is 0.156. The molecule has 1 unspecified atom stereocenters. The molecule has 1 aromatic heterocycles. The van der Waals surface area contributed by atoms with Crippen molar-refractivity contribution in [2.24, 2.45) is 0 Å². The van der Waals surface area contributed by atoms with E-state index in [2.05, 4.69) is 0 Å². The molecule has 5 rings (SSSR count). The molecular weight excluding hydrogens is 576 g/mol. The van der Waals surface area contributed by atoms with E-state index in [0.717, 1.165) is 6.07 Å². The van der Waals surface area contributed by atoms with Gasteiger partial charge >= 0.3 is 0 Å². The van der Waals surface area contributed by atoms with Gasteiger partial charge in [0.25, 0.3) is 0 Å². The smallest absolute Gasteiger partial charge is 0.238 e. The maximum Gasteiger partial charge on any atom is 0.238 e. The molecule has 3 heterocycles. The standard InChI is InChI=1S/C28H32O15/c1-2-14-18(31)21(34)24(37)27(42-14)39-9-16-19(32)22(35)25(38)28(43-16)40-12-7-13(30)17-15(8-12)41-26(23(36)20(17)33)10-3-5-11(29)6-4-10/h3-8,14,16,18-19,21-22,24-25,27-32,34-38H,2,9H2,1H3/t14-,16-,18-,19-,21-,22-,24-,25-,27?,28-/m1/s1. The summed E-state index contributed by atoms with van der Waals surface area (Å²) in [6, 6.07) is 7.56. The molecule has 43 heavy (non-hydrogen) atoms. The number of phenolic OH excluding ortho intramolecular Hbond substituents is 2. The molecule has 0 bridgehead atoms. The lowest BCUT2D eigenvalue weighted by atomic mass is 9.97. The van der Waals surface area contributed by atoms with E-state index in [1.165, 1.54) is 30.3 Å². The van der Waals surface area contributed by atoms with Crippen molar-refractivity contribution in [1.82, 2.24) is 0 Å². The summed E-state index contributed by atoms with van der Waals surface area (Å²) in [7, 11) is 0. The van der Waals surface area contributed by atoms with Gasteiger partial charge in [0.1, 0.15) is 70.9 Å². The summed E-state index contributed by atoms with van der Waals surface area (Å²) in [4.78, 5) is 12.8. The highest BCUT2D eigenvalue weighted by Gasteiger charge is 2.47. The van der Waals surface area contributed by atoms with Gasteiger partial charge in [-0.1, -0.05) is 6.92 Å². The van der Waals surface area contributed by atoms with Crippen LogP contribution in [0, 0.1) is 0 Å². The number of fused-ring (bicyclic) bond motifs is 1. The average molecular weight is 609 g/mol. The van der Waals surface area contributed by atoms with Crippen LogP contribution in [0.1, 0.15) is 13.3 Å². The van der Waals surface area contributed by atoms with E-state index >= 15 is 0 Å². The highest BCUT2D eigenvalue weighted by Crippen LogP contribution is 2.37. The highest BCUT2D eigenvalue weighted by molar-refractivity contribution is 5.88. The van der Waals surface area contributed by atoms with Gasteiger partial charge in [-0.3, -0.25) is 4.79 Å². The summed E-state index contributed by atoms with van der Waals surface area (Å²) in [5, 5.41) is 92.0. The lowest BCUT2D eigenvalue weighted by Crippen LogP contribution is -2.61. The van der Waals surface area contributed by atoms with Gasteiger partial charge in [0.05, 0.1) is 12.7 Å². The van der Waals surface area contributed by atoms with Crippen LogP contribution in [0.4, 0.5) is 0 Å². The zero-order chi connectivity index (χ0) is 31.2. The van der Waals surface area contributed by atoms with E-state index in [-0.39, 0.29) is 33.8 Å². The Kier molecular flexibility index (Phi) is 8.80. The topological polar surface area (TPSA) is 249 Å². The largest absolute Gasteiger partial charge is 0.508 e. The molecule has 3 aromatic rings. The van der Waals surface area contributed by atoms with Crippen LogP contribution in [0.3, 0.4) is 0 Å². The van der Waals surface area contributed by atoms with Crippen LogP contribution in [0.2, 0.25) is 0 Å². The third-order valence-corrected chi connectivity index (χ3v) is 7.47. The minimum atomic E-state index is -1.80. The van der Waals surface area contributed by atoms with Gasteiger partial charge in [-0.25, -0.2) is 0 Å². The zero-order valence-electron chi connectivity index (χ0n) is 22.6. The van der Waals surface area contributed by atoms with Crippen molar-refractivity contribution in [2.45, 2.75) is 74.8 Å². The second-order valence-corrected chi connectivity index (χ2v) is 10.4. The molecule has 2 aliphatic rings. The number of aliphatic hydroxyl groups excluding tert-OH is 6. The van der Waals surface area contributed by atoms with Crippen LogP contribution in [0.15, 0.2) is 45.6 Å². The molecule has 2 saturated heterocycles. The Hall–Kier alpha value is -3.51. The number of benzene rings is 2. The molecule has 15 heteroatoms. The van der Waals surface area contributed by atoms with Crippen molar-refractivity contribution in [3.05, 3.63) is 46.6 Å². The zero-order valence-corrected chi connectivity index (χ0v) is 22.6. The van der Waals surface area contributed by atoms with Crippen molar-refractivity contribution in [1.29, 1.82) is 0 Å². The number of aliphatic hydroxyl groups is 6. The number of aromatic hydroxyl groups is 3. The first-order valence-corrected chi connectivity index (χ1v) is 13.4. The number of hydrogen-bond donors (Lipinski definition) is 9. The maximum atomic E-state index is 12.8. The van der Waals surface area contributed by atoms with E-state index in [1.807, 2.05) is 0 Å². The van der Waals surface area contributed by atoms with Crippen LogP contribution in [0.5, 0.6) is 23.0 Å². The summed E-state index contributed by atoms with van der Waals surface area (Å²) in [5.41, 5.74) is -0.931. The maximum absolute atomic E-state index is 12.8. The Bertz CT molecular complexity index is 1490. The van der Waals surface area contributed by atoms with Crippen molar-refractivity contribution >= 4 is 11.0 Å². The predicted molar refractivity (Wildman–Crippen MR) is 143 cm³/mol. The van der Waals surface area contributed by atoms with Gasteiger partial charge in [0.2, 0.25) is 17.5 Å². The Morgan fingerprint density at radius 3 is 2.02 bits per heavy atom. The first-order chi connectivity index (χ1) is 20.4. The fraction of sp³-hybridized carbons (Fsp3) is 0.464. The highest BCUT2D eigenvalue weighted by atomic mass is 16.7. The first kappa shape index (κ1) is 30.9. The molecule has 0 radical (unpaired) electrons. The van der Waals surface area contributed by atoms with Gasteiger partial charge in [-0.2, -0.15) is 0 Å². The number of ether oxygens (including phenoxy) is 4. The van der Waals surface area contributed by atoms with Crippen molar-refractivity contribution in [2.75, 3.05) is 6.61 Å². The molecule has 10 atom stereocenters. The third kappa shape index (κ3) is 5.86. The lowest BCUT2D eigenvalue weighted by molar-refractivity contribution is -0.320. The van der Waals surface area contributed by atoms with Crippen LogP contribution in [-0.2, 0) is 14.2 Å². The Morgan fingerprint density at radius 1 is 0.767 bits per heavy atom. The molecule has 15 nitrogen and oxygen atoms in total. The molecular formula is C28H32O15. The number of phenols is 2. The van der Waals surface area contributed by atoms with Gasteiger partial charge in [-0.05, 0) is 30.7 Å². The van der Waals surface area contributed by atoms with E-state index in [1.54, 1.807) is 6.92 Å². The van der Waals surface area contributed by atoms with Gasteiger partial charge in [0, 0.05) is 17.7 Å². The van der Waals surface area contributed by atoms with Crippen LogP contribution in [0.25, 0.3) is 22.3 Å². The van der Waals surface area contributed by atoms with E-state index < -0.39 is 84.9 Å². The predicted octanol–water partition coefficient (Wildman–Crippen LogP) is -1.00. The summed E-state index contributed by atoms with van der Waals surface area (Å²) < 4.78 is 27.9. The minimum Gasteiger partial charge on any atom is -0.508 e. The van der Waals surface area contributed by atoms with E-state index in [9.17, 15) is 50.8 Å². The fourth-order valence-corrected chi connectivity index (χ4v) is 5.01. The molecule has 0 spiro atoms. The first-order valence-electron chi connectivity index (χ1n) is 13.4. The van der Waals surface area contributed by atoms with Gasteiger partial charge < -0.3 is 69.3 Å². The second-order valence-electron chi connectivity index (χ2n) is 10.4. The monoisotopic (exact) mass is 608 g/mol. The summed E-state index contributed by atoms with van der Waals surface area (Å²) in [6.45, 7) is 1.18. The van der Waals surface area contributed by atoms with E-state index in [0.29, 0.717) is 6.42 Å². The normalized spacial score (nSPS) is 33.0. The molecule has 0 amide bonds. The Morgan fingerprint density at radius 2 is 1.37 bits per heavy atom. The molecule has 9 N–H and O–H groups in total. The molecule has 2 aliphatic heterocycles. The Balaban J connectivity index is 1.37.